The van der Waals surface area contributed by atoms with E-state index in [1.807, 2.05) is 23.1 Å². The lowest BCUT2D eigenvalue weighted by Gasteiger charge is -2.36. The SMILES string of the molecule is CC1CCCCN1c1ccc(N2CCN(C(=O)c3ccc4nsnc4c3)CC2)nn1. The van der Waals surface area contributed by atoms with Gasteiger partial charge in [-0.2, -0.15) is 8.75 Å². The number of fused-ring (bicyclic) bond motifs is 1. The molecule has 1 atom stereocenters. The predicted molar refractivity (Wildman–Crippen MR) is 118 cm³/mol. The number of benzene rings is 1. The molecule has 2 aliphatic heterocycles. The maximum Gasteiger partial charge on any atom is 0.254 e. The average Bonchev–Trinajstić information content (AvgIpc) is 3.27. The molecule has 5 rings (SSSR count). The molecule has 156 valence electrons. The molecular formula is C21H25N7OS. The molecule has 2 fully saturated rings. The van der Waals surface area contributed by atoms with Gasteiger partial charge in [-0.1, -0.05) is 0 Å². The van der Waals surface area contributed by atoms with Gasteiger partial charge < -0.3 is 14.7 Å². The number of piperidine rings is 1. The van der Waals surface area contributed by atoms with Crippen molar-refractivity contribution in [3.05, 3.63) is 35.9 Å². The highest BCUT2D eigenvalue weighted by Crippen LogP contribution is 2.24. The number of rotatable bonds is 3. The van der Waals surface area contributed by atoms with Gasteiger partial charge in [0, 0.05) is 44.3 Å². The maximum atomic E-state index is 12.9. The molecule has 30 heavy (non-hydrogen) atoms. The average molecular weight is 424 g/mol. The van der Waals surface area contributed by atoms with Crippen LogP contribution in [0.25, 0.3) is 11.0 Å². The van der Waals surface area contributed by atoms with Gasteiger partial charge in [-0.05, 0) is 56.5 Å². The Morgan fingerprint density at radius 3 is 2.47 bits per heavy atom. The first-order valence-electron chi connectivity index (χ1n) is 10.6. The Bertz CT molecular complexity index is 1030. The lowest BCUT2D eigenvalue weighted by atomic mass is 10.0. The summed E-state index contributed by atoms with van der Waals surface area (Å²) in [4.78, 5) is 19.3. The molecule has 2 saturated heterocycles. The van der Waals surface area contributed by atoms with Gasteiger partial charge in [0.1, 0.15) is 11.0 Å². The quantitative estimate of drug-likeness (QED) is 0.641. The number of aromatic nitrogens is 4. The number of piperazine rings is 1. The molecule has 2 aliphatic rings. The minimum Gasteiger partial charge on any atom is -0.352 e. The van der Waals surface area contributed by atoms with Crippen LogP contribution in [0.15, 0.2) is 30.3 Å². The summed E-state index contributed by atoms with van der Waals surface area (Å²) in [6.45, 7) is 6.14. The first-order chi connectivity index (χ1) is 14.7. The first-order valence-corrected chi connectivity index (χ1v) is 11.3. The summed E-state index contributed by atoms with van der Waals surface area (Å²) in [5.74, 6) is 1.89. The van der Waals surface area contributed by atoms with Crippen molar-refractivity contribution in [2.75, 3.05) is 42.5 Å². The highest BCUT2D eigenvalue weighted by atomic mass is 32.1. The Morgan fingerprint density at radius 2 is 1.70 bits per heavy atom. The largest absolute Gasteiger partial charge is 0.352 e. The molecule has 1 aromatic carbocycles. The third kappa shape index (κ3) is 3.69. The molecule has 0 radical (unpaired) electrons. The summed E-state index contributed by atoms with van der Waals surface area (Å²) >= 11 is 1.17. The summed E-state index contributed by atoms with van der Waals surface area (Å²) in [5, 5.41) is 8.98. The van der Waals surface area contributed by atoms with E-state index in [2.05, 4.69) is 47.8 Å². The van der Waals surface area contributed by atoms with E-state index in [-0.39, 0.29) is 5.91 Å². The van der Waals surface area contributed by atoms with Crippen LogP contribution in [0.3, 0.4) is 0 Å². The highest BCUT2D eigenvalue weighted by Gasteiger charge is 2.24. The van der Waals surface area contributed by atoms with Gasteiger partial charge in [0.15, 0.2) is 11.6 Å². The number of anilines is 2. The second-order valence-electron chi connectivity index (χ2n) is 8.03. The van der Waals surface area contributed by atoms with E-state index < -0.39 is 0 Å². The molecule has 0 bridgehead atoms. The molecule has 4 heterocycles. The third-order valence-electron chi connectivity index (χ3n) is 6.13. The standard InChI is InChI=1S/C21H25N7OS/c1-15-4-2-3-9-28(15)20-8-7-19(22-23-20)26-10-12-27(13-11-26)21(29)16-5-6-17-18(14-16)25-30-24-17/h5-8,14-15H,2-4,9-13H2,1H3. The number of carbonyl (C=O) groups is 1. The summed E-state index contributed by atoms with van der Waals surface area (Å²) < 4.78 is 8.44. The molecule has 0 saturated carbocycles. The summed E-state index contributed by atoms with van der Waals surface area (Å²) in [6, 6.07) is 10.2. The summed E-state index contributed by atoms with van der Waals surface area (Å²) in [5.41, 5.74) is 2.29. The number of hydrogen-bond acceptors (Lipinski definition) is 8. The van der Waals surface area contributed by atoms with Crippen molar-refractivity contribution < 1.29 is 4.79 Å². The molecule has 2 aromatic heterocycles. The van der Waals surface area contributed by atoms with Crippen LogP contribution in [0.1, 0.15) is 36.5 Å². The van der Waals surface area contributed by atoms with Crippen molar-refractivity contribution in [2.24, 2.45) is 0 Å². The zero-order chi connectivity index (χ0) is 20.5. The zero-order valence-electron chi connectivity index (χ0n) is 17.1. The van der Waals surface area contributed by atoms with Crippen LogP contribution in [0.4, 0.5) is 11.6 Å². The third-order valence-corrected chi connectivity index (χ3v) is 6.68. The van der Waals surface area contributed by atoms with E-state index in [0.717, 1.165) is 42.3 Å². The predicted octanol–water partition coefficient (Wildman–Crippen LogP) is 2.82. The lowest BCUT2D eigenvalue weighted by molar-refractivity contribution is 0.0746. The fourth-order valence-corrected chi connectivity index (χ4v) is 4.83. The van der Waals surface area contributed by atoms with Crippen LogP contribution in [0.2, 0.25) is 0 Å². The van der Waals surface area contributed by atoms with E-state index in [1.54, 1.807) is 0 Å². The van der Waals surface area contributed by atoms with Gasteiger partial charge in [-0.3, -0.25) is 4.79 Å². The van der Waals surface area contributed by atoms with Gasteiger partial charge in [0.2, 0.25) is 0 Å². The molecule has 0 spiro atoms. The Hall–Kier alpha value is -2.81. The van der Waals surface area contributed by atoms with Crippen molar-refractivity contribution in [1.82, 2.24) is 23.8 Å². The Morgan fingerprint density at radius 1 is 0.933 bits per heavy atom. The smallest absolute Gasteiger partial charge is 0.254 e. The van der Waals surface area contributed by atoms with Crippen LogP contribution in [-0.2, 0) is 0 Å². The normalized spacial score (nSPS) is 20.0. The van der Waals surface area contributed by atoms with Gasteiger partial charge in [-0.25, -0.2) is 0 Å². The van der Waals surface area contributed by atoms with Gasteiger partial charge in [0.05, 0.1) is 11.7 Å². The van der Waals surface area contributed by atoms with Crippen LogP contribution in [0.5, 0.6) is 0 Å². The van der Waals surface area contributed by atoms with E-state index >= 15 is 0 Å². The topological polar surface area (TPSA) is 78.4 Å². The van der Waals surface area contributed by atoms with E-state index in [1.165, 1.54) is 31.0 Å². The number of hydrogen-bond donors (Lipinski definition) is 0. The monoisotopic (exact) mass is 423 g/mol. The van der Waals surface area contributed by atoms with Crippen LogP contribution in [-0.4, -0.2) is 68.5 Å². The second kappa shape index (κ2) is 8.14. The second-order valence-corrected chi connectivity index (χ2v) is 8.56. The summed E-state index contributed by atoms with van der Waals surface area (Å²) in [7, 11) is 0. The van der Waals surface area contributed by atoms with Crippen molar-refractivity contribution in [3.63, 3.8) is 0 Å². The molecule has 0 aliphatic carbocycles. The molecule has 1 unspecified atom stereocenters. The van der Waals surface area contributed by atoms with Crippen molar-refractivity contribution in [3.8, 4) is 0 Å². The molecule has 1 amide bonds. The van der Waals surface area contributed by atoms with Crippen LogP contribution < -0.4 is 9.80 Å². The van der Waals surface area contributed by atoms with Gasteiger partial charge in [0.25, 0.3) is 5.91 Å². The number of carbonyl (C=O) groups excluding carboxylic acids is 1. The Labute approximate surface area is 179 Å². The zero-order valence-corrected chi connectivity index (χ0v) is 17.9. The van der Waals surface area contributed by atoms with Gasteiger partial charge in [-0.15, -0.1) is 10.2 Å². The van der Waals surface area contributed by atoms with E-state index in [0.29, 0.717) is 24.7 Å². The van der Waals surface area contributed by atoms with Gasteiger partial charge >= 0.3 is 0 Å². The Balaban J connectivity index is 1.21. The fraction of sp³-hybridized carbons (Fsp3) is 0.476. The molecule has 0 N–H and O–H groups in total. The fourth-order valence-electron chi connectivity index (χ4n) is 4.31. The summed E-state index contributed by atoms with van der Waals surface area (Å²) in [6.07, 6.45) is 3.72. The number of nitrogens with zero attached hydrogens (tertiary/aromatic N) is 7. The Kier molecular flexibility index (Phi) is 5.20. The van der Waals surface area contributed by atoms with Crippen LogP contribution >= 0.6 is 11.7 Å². The highest BCUT2D eigenvalue weighted by molar-refractivity contribution is 7.00. The number of amides is 1. The van der Waals surface area contributed by atoms with Crippen molar-refractivity contribution in [1.29, 1.82) is 0 Å². The molecule has 8 nitrogen and oxygen atoms in total. The van der Waals surface area contributed by atoms with E-state index in [9.17, 15) is 4.79 Å². The maximum absolute atomic E-state index is 12.9. The van der Waals surface area contributed by atoms with Crippen molar-refractivity contribution >= 4 is 40.3 Å². The molecular weight excluding hydrogens is 398 g/mol. The first kappa shape index (κ1) is 19.2. The van der Waals surface area contributed by atoms with Crippen molar-refractivity contribution in [2.45, 2.75) is 32.2 Å². The van der Waals surface area contributed by atoms with E-state index in [4.69, 9.17) is 0 Å². The molecule has 3 aromatic rings. The molecule has 9 heteroatoms. The minimum absolute atomic E-state index is 0.0464. The lowest BCUT2D eigenvalue weighted by Crippen LogP contribution is -2.49. The van der Waals surface area contributed by atoms with Crippen LogP contribution in [0, 0.1) is 0 Å². The minimum atomic E-state index is 0.0464.